The lowest BCUT2D eigenvalue weighted by Gasteiger charge is -2.28. The smallest absolute Gasteiger partial charge is 0.255 e. The Morgan fingerprint density at radius 2 is 2.24 bits per heavy atom. The molecule has 3 N–H and O–H groups in total. The summed E-state index contributed by atoms with van der Waals surface area (Å²) in [6, 6.07) is 1.90. The van der Waals surface area contributed by atoms with E-state index in [0.717, 1.165) is 25.7 Å². The van der Waals surface area contributed by atoms with Gasteiger partial charge in [0.2, 0.25) is 0 Å². The van der Waals surface area contributed by atoms with Gasteiger partial charge in [-0.3, -0.25) is 9.78 Å². The van der Waals surface area contributed by atoms with Crippen molar-refractivity contribution in [3.05, 3.63) is 29.6 Å². The lowest BCUT2D eigenvalue weighted by atomic mass is 10.1. The molecule has 1 heterocycles. The highest BCUT2D eigenvalue weighted by molar-refractivity contribution is 5.96. The van der Waals surface area contributed by atoms with Crippen molar-refractivity contribution in [2.24, 2.45) is 5.73 Å². The highest BCUT2D eigenvalue weighted by atomic mass is 16.3. The largest absolute Gasteiger partial charge is 0.395 e. The number of pyridine rings is 1. The Morgan fingerprint density at radius 3 is 2.90 bits per heavy atom. The fourth-order valence-corrected chi connectivity index (χ4v) is 2.76. The van der Waals surface area contributed by atoms with Crippen LogP contribution in [0.3, 0.4) is 0 Å². The number of amides is 1. The minimum absolute atomic E-state index is 0.0306. The molecular formula is C16H21N3O2. The predicted molar refractivity (Wildman–Crippen MR) is 80.5 cm³/mol. The fraction of sp³-hybridized carbons (Fsp3) is 0.500. The second-order valence-electron chi connectivity index (χ2n) is 5.09. The molecule has 5 nitrogen and oxygen atoms in total. The van der Waals surface area contributed by atoms with Crippen LogP contribution in [0.4, 0.5) is 0 Å². The zero-order valence-corrected chi connectivity index (χ0v) is 12.1. The zero-order chi connectivity index (χ0) is 15.1. The van der Waals surface area contributed by atoms with Crippen LogP contribution in [0, 0.1) is 11.8 Å². The van der Waals surface area contributed by atoms with Crippen molar-refractivity contribution in [2.45, 2.75) is 31.7 Å². The molecule has 1 aromatic rings. The van der Waals surface area contributed by atoms with Gasteiger partial charge in [0.05, 0.1) is 24.3 Å². The van der Waals surface area contributed by atoms with Gasteiger partial charge >= 0.3 is 0 Å². The number of hydrogen-bond donors (Lipinski definition) is 2. The summed E-state index contributed by atoms with van der Waals surface area (Å²) < 4.78 is 0. The van der Waals surface area contributed by atoms with E-state index in [1.165, 1.54) is 0 Å². The van der Waals surface area contributed by atoms with Crippen LogP contribution >= 0.6 is 0 Å². The van der Waals surface area contributed by atoms with Crippen LogP contribution in [-0.2, 0) is 0 Å². The Morgan fingerprint density at radius 1 is 1.48 bits per heavy atom. The summed E-state index contributed by atoms with van der Waals surface area (Å²) >= 11 is 0. The number of aliphatic hydroxyl groups is 1. The molecule has 1 aliphatic rings. The zero-order valence-electron chi connectivity index (χ0n) is 12.1. The van der Waals surface area contributed by atoms with Gasteiger partial charge in [-0.25, -0.2) is 0 Å². The Balaban J connectivity index is 2.27. The van der Waals surface area contributed by atoms with Crippen LogP contribution in [0.1, 0.15) is 41.6 Å². The van der Waals surface area contributed by atoms with Crippen LogP contribution in [0.15, 0.2) is 18.5 Å². The summed E-state index contributed by atoms with van der Waals surface area (Å²) in [7, 11) is 0. The van der Waals surface area contributed by atoms with Crippen molar-refractivity contribution in [1.29, 1.82) is 0 Å². The molecule has 0 aromatic carbocycles. The van der Waals surface area contributed by atoms with E-state index in [1.54, 1.807) is 23.4 Å². The van der Waals surface area contributed by atoms with Gasteiger partial charge in [-0.15, -0.1) is 0 Å². The highest BCUT2D eigenvalue weighted by Gasteiger charge is 2.27. The van der Waals surface area contributed by atoms with E-state index < -0.39 is 0 Å². The van der Waals surface area contributed by atoms with Gasteiger partial charge in [-0.1, -0.05) is 24.7 Å². The van der Waals surface area contributed by atoms with Gasteiger partial charge in [0, 0.05) is 25.0 Å². The Labute approximate surface area is 125 Å². The van der Waals surface area contributed by atoms with Gasteiger partial charge in [0.25, 0.3) is 5.91 Å². The van der Waals surface area contributed by atoms with Crippen molar-refractivity contribution in [2.75, 3.05) is 19.7 Å². The second kappa shape index (κ2) is 7.77. The van der Waals surface area contributed by atoms with Crippen molar-refractivity contribution < 1.29 is 9.90 Å². The van der Waals surface area contributed by atoms with Crippen molar-refractivity contribution >= 4 is 5.91 Å². The summed E-state index contributed by atoms with van der Waals surface area (Å²) in [4.78, 5) is 18.6. The molecule has 0 atom stereocenters. The van der Waals surface area contributed by atoms with E-state index in [4.69, 9.17) is 5.73 Å². The predicted octanol–water partition coefficient (Wildman–Crippen LogP) is 0.769. The molecule has 21 heavy (non-hydrogen) atoms. The molecule has 0 aliphatic heterocycles. The van der Waals surface area contributed by atoms with Gasteiger partial charge in [0.15, 0.2) is 0 Å². The molecule has 0 radical (unpaired) electrons. The number of carbonyl (C=O) groups is 1. The maximum atomic E-state index is 12.8. The third kappa shape index (κ3) is 3.81. The Hall–Kier alpha value is -1.90. The second-order valence-corrected chi connectivity index (χ2v) is 5.09. The first-order valence-corrected chi connectivity index (χ1v) is 7.32. The van der Waals surface area contributed by atoms with Crippen molar-refractivity contribution in [3.63, 3.8) is 0 Å². The first-order chi connectivity index (χ1) is 10.3. The summed E-state index contributed by atoms with van der Waals surface area (Å²) in [5.41, 5.74) is 6.51. The first-order valence-electron chi connectivity index (χ1n) is 7.32. The number of nitrogens with zero attached hydrogens (tertiary/aromatic N) is 2. The number of aliphatic hydroxyl groups excluding tert-OH is 1. The average molecular weight is 287 g/mol. The number of hydrogen-bond acceptors (Lipinski definition) is 4. The summed E-state index contributed by atoms with van der Waals surface area (Å²) in [5.74, 6) is 5.57. The third-order valence-corrected chi connectivity index (χ3v) is 3.74. The van der Waals surface area contributed by atoms with Gasteiger partial charge in [0.1, 0.15) is 0 Å². The molecular weight excluding hydrogens is 266 g/mol. The molecule has 0 unspecified atom stereocenters. The van der Waals surface area contributed by atoms with E-state index in [0.29, 0.717) is 17.7 Å². The maximum absolute atomic E-state index is 12.8. The van der Waals surface area contributed by atoms with Crippen LogP contribution in [-0.4, -0.2) is 46.6 Å². The molecule has 0 saturated heterocycles. The molecule has 1 amide bonds. The fourth-order valence-electron chi connectivity index (χ4n) is 2.76. The molecule has 0 spiro atoms. The Bertz CT molecular complexity index is 542. The molecule has 1 aliphatic carbocycles. The molecule has 112 valence electrons. The number of carbonyl (C=O) groups excluding carboxylic acids is 1. The van der Waals surface area contributed by atoms with Crippen LogP contribution in [0.25, 0.3) is 0 Å². The first kappa shape index (κ1) is 15.5. The van der Waals surface area contributed by atoms with Crippen LogP contribution in [0.5, 0.6) is 0 Å². The molecule has 1 aromatic heterocycles. The van der Waals surface area contributed by atoms with Gasteiger partial charge in [-0.2, -0.15) is 0 Å². The molecule has 5 heteroatoms. The number of rotatable bonds is 4. The van der Waals surface area contributed by atoms with Gasteiger partial charge < -0.3 is 15.7 Å². The van der Waals surface area contributed by atoms with E-state index >= 15 is 0 Å². The minimum Gasteiger partial charge on any atom is -0.395 e. The van der Waals surface area contributed by atoms with E-state index in [1.807, 2.05) is 0 Å². The monoisotopic (exact) mass is 287 g/mol. The number of nitrogens with two attached hydrogens (primary N) is 1. The topological polar surface area (TPSA) is 79.5 Å². The van der Waals surface area contributed by atoms with Crippen molar-refractivity contribution in [3.8, 4) is 11.8 Å². The Kier molecular flexibility index (Phi) is 5.73. The van der Waals surface area contributed by atoms with Crippen LogP contribution in [0.2, 0.25) is 0 Å². The molecule has 1 saturated carbocycles. The number of aromatic nitrogens is 1. The van der Waals surface area contributed by atoms with Crippen molar-refractivity contribution in [1.82, 2.24) is 9.88 Å². The lowest BCUT2D eigenvalue weighted by Crippen LogP contribution is -2.41. The minimum atomic E-state index is -0.0836. The van der Waals surface area contributed by atoms with Crippen LogP contribution < -0.4 is 5.73 Å². The standard InChI is InChI=1S/C16H21N3O2/c17-8-3-4-13-12-18-9-7-15(13)16(21)19(10-11-20)14-5-1-2-6-14/h7,9,12,14,20H,1-2,5-6,8,10-11,17H2. The third-order valence-electron chi connectivity index (χ3n) is 3.74. The summed E-state index contributed by atoms with van der Waals surface area (Å²) in [6.07, 6.45) is 7.45. The maximum Gasteiger partial charge on any atom is 0.255 e. The molecule has 1 fully saturated rings. The summed E-state index contributed by atoms with van der Waals surface area (Å²) in [6.45, 7) is 0.568. The van der Waals surface area contributed by atoms with E-state index in [2.05, 4.69) is 16.8 Å². The summed E-state index contributed by atoms with van der Waals surface area (Å²) in [5, 5.41) is 9.25. The normalized spacial score (nSPS) is 14.6. The highest BCUT2D eigenvalue weighted by Crippen LogP contribution is 2.25. The SMILES string of the molecule is NCC#Cc1cnccc1C(=O)N(CCO)C1CCCC1. The van der Waals surface area contributed by atoms with E-state index in [9.17, 15) is 9.90 Å². The molecule has 2 rings (SSSR count). The molecule has 0 bridgehead atoms. The average Bonchev–Trinajstić information content (AvgIpc) is 3.04. The van der Waals surface area contributed by atoms with Gasteiger partial charge in [-0.05, 0) is 18.9 Å². The lowest BCUT2D eigenvalue weighted by molar-refractivity contribution is 0.0637. The van der Waals surface area contributed by atoms with E-state index in [-0.39, 0.29) is 25.1 Å². The quantitative estimate of drug-likeness (QED) is 0.802.